The van der Waals surface area contributed by atoms with Gasteiger partial charge in [-0.05, 0) is 90.3 Å². The normalized spacial score (nSPS) is 10.6. The second kappa shape index (κ2) is 34.1. The van der Waals surface area contributed by atoms with Crippen LogP contribution in [0.2, 0.25) is 0 Å². The van der Waals surface area contributed by atoms with E-state index in [1.807, 2.05) is 30.3 Å². The summed E-state index contributed by atoms with van der Waals surface area (Å²) in [6.45, 7) is 22.0. The molecule has 4 rings (SSSR count). The molecule has 0 aliphatic heterocycles. The Morgan fingerprint density at radius 1 is 0.600 bits per heavy atom. The molecule has 2 amide bonds. The number of carboxylic acid groups (broad SMARTS) is 1. The van der Waals surface area contributed by atoms with Crippen LogP contribution in [0.15, 0.2) is 82.6 Å². The van der Waals surface area contributed by atoms with Gasteiger partial charge in [-0.3, -0.25) is 19.2 Å². The Morgan fingerprint density at radius 3 is 1.24 bits per heavy atom. The number of carbonyl (C=O) groups is 4. The SMILES string of the molecule is CC(C)CN(CC(C)C)c1ccc(SCC(=O)O)cc1NC(=O)Cc1ccc(F)cc1F.CCO.COC(=O)CSc1ccc(N(CC(C)C)CC(C)C)c(NC(=O)Cc2ccc(F)cc2F)c1.[Na+].[OH-]. The number of hydrogen-bond donors (Lipinski definition) is 4. The Kier molecular flexibility index (Phi) is 32.0. The van der Waals surface area contributed by atoms with E-state index in [9.17, 15) is 36.7 Å². The number of aliphatic hydroxyl groups excluding tert-OH is 1. The van der Waals surface area contributed by atoms with Crippen LogP contribution < -0.4 is 50.0 Å². The van der Waals surface area contributed by atoms with Crippen LogP contribution in [0.4, 0.5) is 40.3 Å². The molecule has 4 aromatic carbocycles. The van der Waals surface area contributed by atoms with Crippen molar-refractivity contribution in [2.75, 3.05) is 71.8 Å². The van der Waals surface area contributed by atoms with E-state index < -0.39 is 41.1 Å². The van der Waals surface area contributed by atoms with Crippen LogP contribution in [0.3, 0.4) is 0 Å². The van der Waals surface area contributed by atoms with Gasteiger partial charge in [0.25, 0.3) is 0 Å². The molecule has 382 valence electrons. The van der Waals surface area contributed by atoms with Crippen molar-refractivity contribution >= 4 is 70.0 Å². The van der Waals surface area contributed by atoms with Gasteiger partial charge in [-0.15, -0.1) is 23.5 Å². The van der Waals surface area contributed by atoms with Crippen LogP contribution in [-0.2, 0) is 36.8 Å². The molecular weight excluding hydrogens is 960 g/mol. The maximum atomic E-state index is 14.0. The maximum absolute atomic E-state index is 14.0. The molecule has 0 saturated carbocycles. The van der Waals surface area contributed by atoms with Crippen molar-refractivity contribution in [2.45, 2.75) is 84.9 Å². The molecule has 0 radical (unpaired) electrons. The summed E-state index contributed by atoms with van der Waals surface area (Å²) in [5, 5.41) is 22.3. The molecule has 0 bridgehead atoms. The minimum atomic E-state index is -0.933. The number of methoxy groups -OCH3 is 1. The molecule has 0 aromatic heterocycles. The molecular formula is C51H69F4N4NaO8S2. The number of nitrogens with zero attached hydrogens (tertiary/aromatic N) is 2. The zero-order valence-corrected chi connectivity index (χ0v) is 45.8. The zero-order valence-electron chi connectivity index (χ0n) is 42.2. The Morgan fingerprint density at radius 2 is 0.943 bits per heavy atom. The number of benzene rings is 4. The number of ether oxygens (including phenoxy) is 1. The Hall–Kier alpha value is -4.30. The molecule has 0 saturated heterocycles. The Bertz CT molecular complexity index is 2240. The molecule has 0 heterocycles. The minimum Gasteiger partial charge on any atom is -0.870 e. The summed E-state index contributed by atoms with van der Waals surface area (Å²) < 4.78 is 59.1. The third kappa shape index (κ3) is 25.2. The number of aliphatic hydroxyl groups is 1. The fourth-order valence-corrected chi connectivity index (χ4v) is 8.10. The molecule has 12 nitrogen and oxygen atoms in total. The fraction of sp³-hybridized carbons (Fsp3) is 0.451. The van der Waals surface area contributed by atoms with Crippen LogP contribution in [0.1, 0.15) is 73.4 Å². The van der Waals surface area contributed by atoms with Crippen LogP contribution in [0, 0.1) is 46.9 Å². The van der Waals surface area contributed by atoms with E-state index in [2.05, 4.69) is 75.8 Å². The topological polar surface area (TPSA) is 179 Å². The quantitative estimate of drug-likeness (QED) is 0.0260. The monoisotopic (exact) mass is 1030 g/mol. The van der Waals surface area contributed by atoms with Crippen molar-refractivity contribution in [1.82, 2.24) is 0 Å². The number of thioether (sulfide) groups is 2. The number of carbonyl (C=O) groups excluding carboxylic acids is 3. The van der Waals surface area contributed by atoms with Gasteiger partial charge in [0, 0.05) is 54.7 Å². The van der Waals surface area contributed by atoms with Gasteiger partial charge in [0.15, 0.2) is 0 Å². The molecule has 19 heteroatoms. The second-order valence-electron chi connectivity index (χ2n) is 17.5. The number of nitrogens with one attached hydrogen (secondary N) is 2. The molecule has 70 heavy (non-hydrogen) atoms. The molecule has 5 N–H and O–H groups in total. The summed E-state index contributed by atoms with van der Waals surface area (Å²) in [5.41, 5.74) is 3.01. The maximum Gasteiger partial charge on any atom is 1.00 e. The van der Waals surface area contributed by atoms with Crippen LogP contribution in [-0.4, -0.2) is 90.8 Å². The van der Waals surface area contributed by atoms with Gasteiger partial charge in [-0.25, -0.2) is 17.6 Å². The van der Waals surface area contributed by atoms with Crippen molar-refractivity contribution in [3.05, 3.63) is 107 Å². The average Bonchev–Trinajstić information content (AvgIpc) is 3.23. The predicted octanol–water partition coefficient (Wildman–Crippen LogP) is 7.80. The van der Waals surface area contributed by atoms with Crippen molar-refractivity contribution in [1.29, 1.82) is 0 Å². The standard InChI is InChI=1S/C25H32F2N2O3S.C24H30F2N2O3S.C2H6O.Na.H2O/c1-16(2)13-29(14-17(3)4)23-9-8-20(33-15-25(31)32-5)12-22(23)28-24(30)10-18-6-7-19(26)11-21(18)27;1-15(2)12-28(13-16(3)4)22-8-7-19(32-14-24(30)31)11-21(22)27-23(29)9-17-5-6-18(25)10-20(17)26;1-2-3;;/h6-9,11-12,16-17H,10,13-15H2,1-5H3,(H,28,30);5-8,10-11,15-16H,9,12-14H2,1-4H3,(H,27,29)(H,30,31);3H,2H2,1H3;;1H2/q;;;+1;/p-1. The smallest absolute Gasteiger partial charge is 0.870 e. The van der Waals surface area contributed by atoms with E-state index in [4.69, 9.17) is 14.9 Å². The Labute approximate surface area is 441 Å². The minimum absolute atomic E-state index is 0. The molecule has 0 aliphatic rings. The second-order valence-corrected chi connectivity index (χ2v) is 19.6. The molecule has 0 spiro atoms. The number of hydrogen-bond acceptors (Lipinski definition) is 11. The summed E-state index contributed by atoms with van der Waals surface area (Å²) in [7, 11) is 1.34. The van der Waals surface area contributed by atoms with E-state index in [1.165, 1.54) is 31.0 Å². The van der Waals surface area contributed by atoms with Crippen molar-refractivity contribution in [3.8, 4) is 0 Å². The predicted molar refractivity (Wildman–Crippen MR) is 270 cm³/mol. The van der Waals surface area contributed by atoms with E-state index in [0.717, 1.165) is 78.5 Å². The average molecular weight is 1030 g/mol. The summed E-state index contributed by atoms with van der Waals surface area (Å²) in [6, 6.07) is 17.4. The van der Waals surface area contributed by atoms with Gasteiger partial charge in [-0.2, -0.15) is 0 Å². The molecule has 0 atom stereocenters. The van der Waals surface area contributed by atoms with Gasteiger partial charge in [-0.1, -0.05) is 67.5 Å². The summed E-state index contributed by atoms with van der Waals surface area (Å²) >= 11 is 2.46. The van der Waals surface area contributed by atoms with Crippen molar-refractivity contribution in [3.63, 3.8) is 0 Å². The van der Waals surface area contributed by atoms with Crippen LogP contribution in [0.25, 0.3) is 0 Å². The molecule has 4 aromatic rings. The first-order valence-corrected chi connectivity index (χ1v) is 24.4. The van der Waals surface area contributed by atoms with Gasteiger partial charge in [0.2, 0.25) is 11.8 Å². The summed E-state index contributed by atoms with van der Waals surface area (Å²) in [5.74, 6) is -3.44. The van der Waals surface area contributed by atoms with E-state index in [1.54, 1.807) is 13.0 Å². The van der Waals surface area contributed by atoms with E-state index in [0.29, 0.717) is 39.9 Å². The first-order chi connectivity index (χ1) is 32.0. The van der Waals surface area contributed by atoms with Gasteiger partial charge >= 0.3 is 41.5 Å². The van der Waals surface area contributed by atoms with Crippen LogP contribution >= 0.6 is 23.5 Å². The summed E-state index contributed by atoms with van der Waals surface area (Å²) in [4.78, 5) is 53.9. The van der Waals surface area contributed by atoms with Crippen molar-refractivity contribution in [2.24, 2.45) is 23.7 Å². The number of halogens is 4. The largest absolute Gasteiger partial charge is 1.00 e. The van der Waals surface area contributed by atoms with Gasteiger partial charge < -0.3 is 40.9 Å². The Balaban J connectivity index is 0.00000125. The van der Waals surface area contributed by atoms with Crippen LogP contribution in [0.5, 0.6) is 0 Å². The summed E-state index contributed by atoms with van der Waals surface area (Å²) in [6.07, 6.45) is -0.466. The van der Waals surface area contributed by atoms with Crippen molar-refractivity contribution < 1.29 is 86.7 Å². The third-order valence-electron chi connectivity index (χ3n) is 9.19. The molecule has 0 aliphatic carbocycles. The number of rotatable bonds is 22. The fourth-order valence-electron chi connectivity index (χ4n) is 6.68. The first-order valence-electron chi connectivity index (χ1n) is 22.5. The number of aliphatic carboxylic acids is 1. The third-order valence-corrected chi connectivity index (χ3v) is 11.1. The molecule has 0 fully saturated rings. The number of amides is 2. The van der Waals surface area contributed by atoms with Gasteiger partial charge in [0.1, 0.15) is 23.3 Å². The van der Waals surface area contributed by atoms with Gasteiger partial charge in [0.05, 0.1) is 54.2 Å². The first kappa shape index (κ1) is 65.7. The number of esters is 1. The van der Waals surface area contributed by atoms with E-state index >= 15 is 0 Å². The van der Waals surface area contributed by atoms with E-state index in [-0.39, 0.29) is 83.1 Å². The number of carboxylic acids is 1. The number of anilines is 4. The zero-order chi connectivity index (χ0) is 51.1. The molecule has 0 unspecified atom stereocenters.